The molecule has 1 N–H and O–H groups in total. The molecule has 0 saturated carbocycles. The summed E-state index contributed by atoms with van der Waals surface area (Å²) in [6.45, 7) is 2.91. The fourth-order valence-electron chi connectivity index (χ4n) is 2.11. The maximum Gasteiger partial charge on any atom is 0.242 e. The lowest BCUT2D eigenvalue weighted by Gasteiger charge is -2.06. The van der Waals surface area contributed by atoms with Crippen molar-refractivity contribution in [2.75, 3.05) is 6.54 Å². The maximum atomic E-state index is 12.3. The summed E-state index contributed by atoms with van der Waals surface area (Å²) in [4.78, 5) is 0.0705. The average Bonchev–Trinajstić information content (AvgIpc) is 3.11. The Morgan fingerprint density at radius 1 is 1.32 bits per heavy atom. The molecular weight excluding hydrogens is 306 g/mol. The number of fused-ring (bicyclic) bond motifs is 1. The zero-order chi connectivity index (χ0) is 15.6. The van der Waals surface area contributed by atoms with E-state index in [9.17, 15) is 8.42 Å². The number of aryl methyl sites for hydroxylation is 2. The molecule has 0 atom stereocenters. The zero-order valence-corrected chi connectivity index (χ0v) is 12.7. The number of hydrogen-bond acceptors (Lipinski definition) is 6. The molecule has 0 aliphatic carbocycles. The number of hydrogen-bond donors (Lipinski definition) is 1. The Hall–Kier alpha value is -2.26. The van der Waals surface area contributed by atoms with Crippen molar-refractivity contribution in [3.8, 4) is 0 Å². The van der Waals surface area contributed by atoms with Crippen molar-refractivity contribution in [2.24, 2.45) is 0 Å². The molecule has 2 aromatic heterocycles. The average molecular weight is 321 g/mol. The zero-order valence-electron chi connectivity index (χ0n) is 11.9. The first-order chi connectivity index (χ1) is 10.6. The first-order valence-electron chi connectivity index (χ1n) is 6.76. The first-order valence-corrected chi connectivity index (χ1v) is 8.24. The number of benzene rings is 1. The topological polar surface area (TPSA) is 103 Å². The second kappa shape index (κ2) is 5.85. The summed E-state index contributed by atoms with van der Waals surface area (Å²) in [6, 6.07) is 4.73. The summed E-state index contributed by atoms with van der Waals surface area (Å²) in [6.07, 6.45) is 4.31. The van der Waals surface area contributed by atoms with Gasteiger partial charge in [0, 0.05) is 19.3 Å². The van der Waals surface area contributed by atoms with E-state index in [2.05, 4.69) is 24.8 Å². The molecule has 0 unspecified atom stereocenters. The van der Waals surface area contributed by atoms with Crippen LogP contribution in [0.25, 0.3) is 11.0 Å². The van der Waals surface area contributed by atoms with E-state index in [1.54, 1.807) is 23.0 Å². The molecule has 2 heterocycles. The maximum absolute atomic E-state index is 12.3. The van der Waals surface area contributed by atoms with Crippen LogP contribution in [-0.2, 0) is 16.6 Å². The molecule has 8 nitrogen and oxygen atoms in total. The third-order valence-electron chi connectivity index (χ3n) is 3.16. The van der Waals surface area contributed by atoms with E-state index in [1.165, 1.54) is 6.07 Å². The molecule has 1 aromatic carbocycles. The summed E-state index contributed by atoms with van der Waals surface area (Å²) in [5.41, 5.74) is 1.72. The van der Waals surface area contributed by atoms with E-state index >= 15 is 0 Å². The fourth-order valence-corrected chi connectivity index (χ4v) is 3.34. The predicted octanol–water partition coefficient (Wildman–Crippen LogP) is 1.10. The van der Waals surface area contributed by atoms with Crippen molar-refractivity contribution in [3.05, 3.63) is 36.2 Å². The molecule has 0 fully saturated rings. The van der Waals surface area contributed by atoms with Crippen molar-refractivity contribution in [2.45, 2.75) is 24.8 Å². The van der Waals surface area contributed by atoms with Crippen molar-refractivity contribution in [1.29, 1.82) is 0 Å². The van der Waals surface area contributed by atoms with E-state index < -0.39 is 10.0 Å². The Bertz CT molecular complexity index is 884. The molecule has 3 rings (SSSR count). The molecule has 0 spiro atoms. The molecule has 0 aliphatic rings. The van der Waals surface area contributed by atoms with Gasteiger partial charge in [-0.05, 0) is 41.4 Å². The standard InChI is InChI=1S/C13H15N5O3S/c1-10-8-14-18(9-10)7-3-6-15-22(19,20)12-5-2-4-11-13(12)17-21-16-11/h2,4-5,8-9,15H,3,6-7H2,1H3. The molecular formula is C13H15N5O3S. The number of aromatic nitrogens is 4. The minimum Gasteiger partial charge on any atom is -0.272 e. The van der Waals surface area contributed by atoms with Gasteiger partial charge in [0.25, 0.3) is 0 Å². The van der Waals surface area contributed by atoms with Gasteiger partial charge in [-0.2, -0.15) is 5.10 Å². The molecule has 0 saturated heterocycles. The monoisotopic (exact) mass is 321 g/mol. The van der Waals surface area contributed by atoms with Crippen LogP contribution in [0.15, 0.2) is 40.1 Å². The highest BCUT2D eigenvalue weighted by Crippen LogP contribution is 2.19. The largest absolute Gasteiger partial charge is 0.272 e. The van der Waals surface area contributed by atoms with Gasteiger partial charge in [-0.25, -0.2) is 17.8 Å². The van der Waals surface area contributed by atoms with Gasteiger partial charge >= 0.3 is 0 Å². The lowest BCUT2D eigenvalue weighted by atomic mass is 10.3. The minimum absolute atomic E-state index is 0.0705. The van der Waals surface area contributed by atoms with Gasteiger partial charge in [-0.3, -0.25) is 4.68 Å². The van der Waals surface area contributed by atoms with Crippen LogP contribution in [0.2, 0.25) is 0 Å². The molecule has 116 valence electrons. The van der Waals surface area contributed by atoms with Gasteiger partial charge < -0.3 is 0 Å². The van der Waals surface area contributed by atoms with Crippen LogP contribution in [0.1, 0.15) is 12.0 Å². The van der Waals surface area contributed by atoms with Crippen LogP contribution in [0.5, 0.6) is 0 Å². The number of nitrogens with zero attached hydrogens (tertiary/aromatic N) is 4. The van der Waals surface area contributed by atoms with E-state index in [1.807, 2.05) is 13.1 Å². The summed E-state index contributed by atoms with van der Waals surface area (Å²) in [5, 5.41) is 11.4. The summed E-state index contributed by atoms with van der Waals surface area (Å²) < 4.78 is 33.6. The van der Waals surface area contributed by atoms with Crippen molar-refractivity contribution >= 4 is 21.1 Å². The molecule has 0 aliphatic heterocycles. The number of sulfonamides is 1. The lowest BCUT2D eigenvalue weighted by molar-refractivity contribution is 0.315. The van der Waals surface area contributed by atoms with Crippen molar-refractivity contribution in [1.82, 2.24) is 24.8 Å². The molecule has 0 radical (unpaired) electrons. The Labute approximate surface area is 127 Å². The van der Waals surface area contributed by atoms with Crippen molar-refractivity contribution in [3.63, 3.8) is 0 Å². The first kappa shape index (κ1) is 14.7. The molecule has 22 heavy (non-hydrogen) atoms. The van der Waals surface area contributed by atoms with Crippen LogP contribution in [-0.4, -0.2) is 35.1 Å². The smallest absolute Gasteiger partial charge is 0.242 e. The molecule has 9 heteroatoms. The summed E-state index contributed by atoms with van der Waals surface area (Å²) in [7, 11) is -3.65. The van der Waals surface area contributed by atoms with E-state index in [0.717, 1.165) is 5.56 Å². The highest BCUT2D eigenvalue weighted by molar-refractivity contribution is 7.89. The van der Waals surface area contributed by atoms with Crippen LogP contribution in [0, 0.1) is 6.92 Å². The van der Waals surface area contributed by atoms with Gasteiger partial charge in [0.1, 0.15) is 10.4 Å². The van der Waals surface area contributed by atoms with Crippen LogP contribution < -0.4 is 4.72 Å². The molecule has 0 bridgehead atoms. The van der Waals surface area contributed by atoms with E-state index in [-0.39, 0.29) is 10.4 Å². The quantitative estimate of drug-likeness (QED) is 0.682. The number of nitrogens with one attached hydrogen (secondary N) is 1. The number of rotatable bonds is 6. The highest BCUT2D eigenvalue weighted by Gasteiger charge is 2.19. The fraction of sp³-hybridized carbons (Fsp3) is 0.308. The predicted molar refractivity (Wildman–Crippen MR) is 78.6 cm³/mol. The van der Waals surface area contributed by atoms with E-state index in [0.29, 0.717) is 25.0 Å². The second-order valence-corrected chi connectivity index (χ2v) is 6.66. The third-order valence-corrected chi connectivity index (χ3v) is 4.65. The minimum atomic E-state index is -3.65. The summed E-state index contributed by atoms with van der Waals surface area (Å²) >= 11 is 0. The highest BCUT2D eigenvalue weighted by atomic mass is 32.2. The van der Waals surface area contributed by atoms with Gasteiger partial charge in [0.05, 0.1) is 6.20 Å². The normalized spacial score (nSPS) is 12.0. The Kier molecular flexibility index (Phi) is 3.90. The van der Waals surface area contributed by atoms with Gasteiger partial charge in [-0.1, -0.05) is 6.07 Å². The molecule has 0 amide bonds. The lowest BCUT2D eigenvalue weighted by Crippen LogP contribution is -2.25. The Morgan fingerprint density at radius 3 is 2.95 bits per heavy atom. The SMILES string of the molecule is Cc1cnn(CCCNS(=O)(=O)c2cccc3nonc23)c1. The van der Waals surface area contributed by atoms with Gasteiger partial charge in [0.15, 0.2) is 5.52 Å². The second-order valence-electron chi connectivity index (χ2n) is 4.92. The van der Waals surface area contributed by atoms with Gasteiger partial charge in [-0.15, -0.1) is 0 Å². The van der Waals surface area contributed by atoms with E-state index in [4.69, 9.17) is 0 Å². The Morgan fingerprint density at radius 2 is 2.18 bits per heavy atom. The van der Waals surface area contributed by atoms with Crippen molar-refractivity contribution < 1.29 is 13.0 Å². The Balaban J connectivity index is 1.65. The molecule has 3 aromatic rings. The van der Waals surface area contributed by atoms with Crippen LogP contribution in [0.4, 0.5) is 0 Å². The van der Waals surface area contributed by atoms with Gasteiger partial charge in [0.2, 0.25) is 10.0 Å². The summed E-state index contributed by atoms with van der Waals surface area (Å²) in [5.74, 6) is 0. The third kappa shape index (κ3) is 3.00. The van der Waals surface area contributed by atoms with Crippen LogP contribution in [0.3, 0.4) is 0 Å². The van der Waals surface area contributed by atoms with Crippen LogP contribution >= 0.6 is 0 Å².